The second-order valence-corrected chi connectivity index (χ2v) is 14.2. The third-order valence-electron chi connectivity index (χ3n) is 9.06. The number of urea groups is 1. The summed E-state index contributed by atoms with van der Waals surface area (Å²) < 4.78 is 10.5. The molecule has 2 amide bonds. The van der Waals surface area contributed by atoms with Crippen molar-refractivity contribution in [2.75, 3.05) is 38.6 Å². The molecule has 0 radical (unpaired) electrons. The van der Waals surface area contributed by atoms with Crippen molar-refractivity contribution in [1.29, 1.82) is 0 Å². The molecule has 49 heavy (non-hydrogen) atoms. The first-order valence-electron chi connectivity index (χ1n) is 17.2. The fourth-order valence-corrected chi connectivity index (χ4v) is 6.17. The molecule has 1 saturated heterocycles. The average Bonchev–Trinajstić information content (AvgIpc) is 3.71. The van der Waals surface area contributed by atoms with Crippen molar-refractivity contribution < 1.29 is 9.53 Å². The molecule has 6 rings (SSSR count). The number of pyridine rings is 1. The Labute approximate surface area is 288 Å². The number of nitrogens with two attached hydrogens (primary N) is 1. The second-order valence-electron chi connectivity index (χ2n) is 14.2. The first kappa shape index (κ1) is 34.0. The normalized spacial score (nSPS) is 18.9. The van der Waals surface area contributed by atoms with Crippen LogP contribution >= 0.6 is 0 Å². The maximum atomic E-state index is 13.5. The maximum Gasteiger partial charge on any atom is 0.320 e. The Balaban J connectivity index is 1.17. The van der Waals surface area contributed by atoms with Gasteiger partial charge in [-0.1, -0.05) is 45.0 Å². The van der Waals surface area contributed by atoms with E-state index >= 15 is 0 Å². The summed E-state index contributed by atoms with van der Waals surface area (Å²) in [5.74, 6) is 1.96. The van der Waals surface area contributed by atoms with Crippen LogP contribution in [0.2, 0.25) is 0 Å². The zero-order valence-corrected chi connectivity index (χ0v) is 29.3. The van der Waals surface area contributed by atoms with Crippen LogP contribution in [0.5, 0.6) is 5.75 Å². The van der Waals surface area contributed by atoms with E-state index in [1.807, 2.05) is 80.6 Å². The van der Waals surface area contributed by atoms with Gasteiger partial charge in [0.05, 0.1) is 31.2 Å². The predicted molar refractivity (Wildman–Crippen MR) is 192 cm³/mol. The highest BCUT2D eigenvalue weighted by molar-refractivity contribution is 6.05. The molecule has 1 aromatic carbocycles. The Morgan fingerprint density at radius 1 is 1.06 bits per heavy atom. The molecule has 0 bridgehead atoms. The number of amides is 2. The summed E-state index contributed by atoms with van der Waals surface area (Å²) in [4.78, 5) is 22.6. The Morgan fingerprint density at radius 3 is 2.59 bits per heavy atom. The number of rotatable bonds is 9. The van der Waals surface area contributed by atoms with Gasteiger partial charge in [0.1, 0.15) is 23.4 Å². The molecule has 4 heterocycles. The molecular weight excluding hydrogens is 618 g/mol. The van der Waals surface area contributed by atoms with Gasteiger partial charge in [0.25, 0.3) is 0 Å². The minimum Gasteiger partial charge on any atom is -0.484 e. The van der Waals surface area contributed by atoms with Crippen LogP contribution < -0.4 is 26.0 Å². The zero-order valence-electron chi connectivity index (χ0n) is 29.3. The first-order valence-corrected chi connectivity index (χ1v) is 17.2. The third kappa shape index (κ3) is 8.40. The van der Waals surface area contributed by atoms with E-state index in [0.29, 0.717) is 23.6 Å². The molecule has 0 saturated carbocycles. The number of fused-ring (bicyclic) bond motifs is 2. The monoisotopic (exact) mass is 667 g/mol. The molecule has 13 heteroatoms. The number of carbonyl (C=O) groups is 1. The minimum atomic E-state index is -0.362. The van der Waals surface area contributed by atoms with Gasteiger partial charge in [0.2, 0.25) is 5.95 Å². The van der Waals surface area contributed by atoms with Gasteiger partial charge in [-0.2, -0.15) is 5.10 Å². The second kappa shape index (κ2) is 14.7. The van der Waals surface area contributed by atoms with Gasteiger partial charge in [0.15, 0.2) is 5.65 Å². The van der Waals surface area contributed by atoms with Gasteiger partial charge in [-0.3, -0.25) is 14.4 Å². The SMILES string of the molecule is CN(C)CCn1cc(N=C(C=C(N)C(C)(C)C)NC(=O)NC2CCC(Oc3ccc4nnc(N5CCCCC5)n4c3)c3ccccc32)cn1. The number of ether oxygens (including phenoxy) is 1. The largest absolute Gasteiger partial charge is 0.484 e. The summed E-state index contributed by atoms with van der Waals surface area (Å²) in [6, 6.07) is 11.5. The van der Waals surface area contributed by atoms with Gasteiger partial charge in [0, 0.05) is 36.8 Å². The molecule has 4 aromatic rings. The fourth-order valence-electron chi connectivity index (χ4n) is 6.17. The lowest BCUT2D eigenvalue weighted by Crippen LogP contribution is -2.42. The van der Waals surface area contributed by atoms with Crippen LogP contribution in [-0.2, 0) is 6.54 Å². The molecule has 3 aromatic heterocycles. The number of likely N-dealkylation sites (N-methyl/N-ethyl adjacent to an activating group) is 1. The van der Waals surface area contributed by atoms with Crippen molar-refractivity contribution in [3.8, 4) is 5.75 Å². The third-order valence-corrected chi connectivity index (χ3v) is 9.06. The topological polar surface area (TPSA) is 143 Å². The highest BCUT2D eigenvalue weighted by Gasteiger charge is 2.30. The number of carbonyl (C=O) groups excluding carboxylic acids is 1. The molecule has 4 N–H and O–H groups in total. The molecule has 2 aliphatic rings. The average molecular weight is 668 g/mol. The van der Waals surface area contributed by atoms with E-state index in [9.17, 15) is 4.79 Å². The van der Waals surface area contributed by atoms with Gasteiger partial charge < -0.3 is 25.6 Å². The van der Waals surface area contributed by atoms with Crippen LogP contribution in [0.1, 0.15) is 76.1 Å². The minimum absolute atomic E-state index is 0.166. The molecule has 260 valence electrons. The molecule has 1 aliphatic carbocycles. The van der Waals surface area contributed by atoms with Gasteiger partial charge in [-0.25, -0.2) is 9.79 Å². The molecular formula is C36H49N11O2. The molecule has 1 fully saturated rings. The van der Waals surface area contributed by atoms with Crippen molar-refractivity contribution in [3.63, 3.8) is 0 Å². The Kier molecular flexibility index (Phi) is 10.2. The number of anilines is 1. The van der Waals surface area contributed by atoms with Crippen molar-refractivity contribution in [1.82, 2.24) is 39.9 Å². The van der Waals surface area contributed by atoms with E-state index in [2.05, 4.69) is 47.9 Å². The van der Waals surface area contributed by atoms with E-state index in [-0.39, 0.29) is 23.6 Å². The van der Waals surface area contributed by atoms with Crippen LogP contribution in [0, 0.1) is 5.41 Å². The molecule has 13 nitrogen and oxygen atoms in total. The number of nitrogens with zero attached hydrogens (tertiary/aromatic N) is 8. The molecule has 2 atom stereocenters. The Bertz CT molecular complexity index is 1810. The van der Waals surface area contributed by atoms with Crippen molar-refractivity contribution in [3.05, 3.63) is 77.9 Å². The van der Waals surface area contributed by atoms with E-state index in [4.69, 9.17) is 15.5 Å². The number of allylic oxidation sites excluding steroid dienone is 1. The number of benzene rings is 1. The van der Waals surface area contributed by atoms with Crippen LogP contribution in [-0.4, -0.2) is 74.9 Å². The van der Waals surface area contributed by atoms with E-state index < -0.39 is 0 Å². The van der Waals surface area contributed by atoms with E-state index in [0.717, 1.165) is 73.9 Å². The highest BCUT2D eigenvalue weighted by Crippen LogP contribution is 2.39. The number of hydrogen-bond donors (Lipinski definition) is 3. The number of amidine groups is 1. The number of aromatic nitrogens is 5. The van der Waals surface area contributed by atoms with E-state index in [1.165, 1.54) is 6.42 Å². The van der Waals surface area contributed by atoms with Crippen LogP contribution in [0.4, 0.5) is 16.4 Å². The van der Waals surface area contributed by atoms with Crippen molar-refractivity contribution in [2.45, 2.75) is 71.6 Å². The van der Waals surface area contributed by atoms with Crippen LogP contribution in [0.15, 0.2) is 71.8 Å². The standard InChI is InChI=1S/C36H49N11O2/c1-36(2,3)31(37)21-32(39-25-22-38-46(23-25)20-19-44(4)5)41-34(48)40-29-14-15-30(28-12-8-7-11-27(28)29)49-26-13-16-33-42-43-35(47(33)24-26)45-17-9-6-10-18-45/h7-8,11-13,16,21-24,29-30H,6,9-10,14-15,17-20,37H2,1-5H3,(H2,39,40,41,48). The lowest BCUT2D eigenvalue weighted by molar-refractivity contribution is 0.171. The number of piperidine rings is 1. The summed E-state index contributed by atoms with van der Waals surface area (Å²) in [7, 11) is 4.04. The summed E-state index contributed by atoms with van der Waals surface area (Å²) in [5, 5.41) is 19.4. The smallest absolute Gasteiger partial charge is 0.320 e. The van der Waals surface area contributed by atoms with E-state index in [1.54, 1.807) is 12.3 Å². The number of hydrogen-bond acceptors (Lipinski definition) is 9. The summed E-state index contributed by atoms with van der Waals surface area (Å²) in [6.07, 6.45) is 12.1. The lowest BCUT2D eigenvalue weighted by atomic mass is 9.85. The maximum absolute atomic E-state index is 13.5. The zero-order chi connectivity index (χ0) is 34.5. The summed E-state index contributed by atoms with van der Waals surface area (Å²) in [6.45, 7) is 9.60. The predicted octanol–water partition coefficient (Wildman–Crippen LogP) is 5.35. The number of nitrogens with one attached hydrogen (secondary N) is 2. The Hall–Kier alpha value is -4.91. The van der Waals surface area contributed by atoms with Gasteiger partial charge >= 0.3 is 6.03 Å². The first-order chi connectivity index (χ1) is 23.5. The van der Waals surface area contributed by atoms with Crippen LogP contribution in [0.25, 0.3) is 5.65 Å². The quantitative estimate of drug-likeness (QED) is 0.160. The van der Waals surface area contributed by atoms with Gasteiger partial charge in [-0.15, -0.1) is 10.2 Å². The Morgan fingerprint density at radius 2 is 1.84 bits per heavy atom. The van der Waals surface area contributed by atoms with Gasteiger partial charge in [-0.05, 0) is 69.5 Å². The number of aliphatic imine (C=N–C) groups is 1. The van der Waals surface area contributed by atoms with Crippen molar-refractivity contribution >= 4 is 29.1 Å². The molecule has 0 spiro atoms. The molecule has 2 unspecified atom stereocenters. The van der Waals surface area contributed by atoms with Crippen molar-refractivity contribution in [2.24, 2.45) is 16.1 Å². The summed E-state index contributed by atoms with van der Waals surface area (Å²) >= 11 is 0. The van der Waals surface area contributed by atoms with Crippen LogP contribution in [0.3, 0.4) is 0 Å². The fraction of sp³-hybridized carbons (Fsp3) is 0.472. The summed E-state index contributed by atoms with van der Waals surface area (Å²) in [5.41, 5.74) is 10.2. The lowest BCUT2D eigenvalue weighted by Gasteiger charge is -2.32. The highest BCUT2D eigenvalue weighted by atomic mass is 16.5. The molecule has 1 aliphatic heterocycles.